The average molecular weight is 462 g/mol. The van der Waals surface area contributed by atoms with Crippen molar-refractivity contribution in [3.05, 3.63) is 100 Å². The van der Waals surface area contributed by atoms with Crippen LogP contribution >= 0.6 is 23.2 Å². The molecule has 0 bridgehead atoms. The summed E-state index contributed by atoms with van der Waals surface area (Å²) in [7, 11) is 0. The molecule has 0 saturated carbocycles. The first-order chi connectivity index (χ1) is 15.7. The van der Waals surface area contributed by atoms with Crippen molar-refractivity contribution < 1.29 is 0 Å². The molecule has 1 aromatic heterocycles. The molecule has 1 aliphatic heterocycles. The summed E-state index contributed by atoms with van der Waals surface area (Å²) in [4.78, 5) is 9.60. The van der Waals surface area contributed by atoms with Crippen LogP contribution in [0, 0.1) is 0 Å². The van der Waals surface area contributed by atoms with Crippen molar-refractivity contribution in [2.75, 3.05) is 26.2 Å². The van der Waals surface area contributed by atoms with E-state index in [0.29, 0.717) is 10.0 Å². The number of halogens is 2. The number of hydrogen-bond acceptors (Lipinski definition) is 3. The Kier molecular flexibility index (Phi) is 6.42. The first-order valence-electron chi connectivity index (χ1n) is 11.0. The third kappa shape index (κ3) is 4.82. The molecule has 0 spiro atoms. The van der Waals surface area contributed by atoms with Gasteiger partial charge in [-0.05, 0) is 34.9 Å². The van der Waals surface area contributed by atoms with Crippen molar-refractivity contribution in [3.63, 3.8) is 0 Å². The van der Waals surface area contributed by atoms with E-state index in [-0.39, 0.29) is 0 Å². The van der Waals surface area contributed by atoms with Gasteiger partial charge < -0.3 is 0 Å². The van der Waals surface area contributed by atoms with Crippen LogP contribution in [0.1, 0.15) is 11.1 Å². The number of fused-ring (bicyclic) bond motifs is 1. The first kappa shape index (κ1) is 21.4. The number of rotatable bonds is 5. The van der Waals surface area contributed by atoms with E-state index in [4.69, 9.17) is 23.2 Å². The lowest BCUT2D eigenvalue weighted by atomic mass is 10.0. The third-order valence-corrected chi connectivity index (χ3v) is 6.90. The highest BCUT2D eigenvalue weighted by atomic mass is 35.5. The molecule has 1 saturated heterocycles. The van der Waals surface area contributed by atoms with E-state index in [2.05, 4.69) is 69.4 Å². The average Bonchev–Trinajstić information content (AvgIpc) is 2.83. The predicted octanol–water partition coefficient (Wildman–Crippen LogP) is 6.53. The van der Waals surface area contributed by atoms with E-state index >= 15 is 0 Å². The minimum Gasteiger partial charge on any atom is -0.297 e. The fourth-order valence-corrected chi connectivity index (χ4v) is 4.71. The maximum atomic E-state index is 6.16. The Hall–Kier alpha value is -2.43. The van der Waals surface area contributed by atoms with Crippen LogP contribution in [-0.4, -0.2) is 41.0 Å². The minimum atomic E-state index is 0.614. The Labute approximate surface area is 199 Å². The van der Waals surface area contributed by atoms with Gasteiger partial charge in [-0.2, -0.15) is 0 Å². The molecule has 1 fully saturated rings. The van der Waals surface area contributed by atoms with E-state index in [9.17, 15) is 0 Å². The number of para-hydroxylation sites is 1. The second-order valence-electron chi connectivity index (χ2n) is 8.38. The van der Waals surface area contributed by atoms with Crippen LogP contribution in [0.5, 0.6) is 0 Å². The van der Waals surface area contributed by atoms with Crippen LogP contribution in [0.15, 0.2) is 79.0 Å². The van der Waals surface area contributed by atoms with Crippen molar-refractivity contribution in [1.82, 2.24) is 14.8 Å². The molecule has 3 nitrogen and oxygen atoms in total. The van der Waals surface area contributed by atoms with E-state index in [0.717, 1.165) is 44.8 Å². The van der Waals surface area contributed by atoms with Crippen molar-refractivity contribution in [1.29, 1.82) is 0 Å². The molecule has 1 aliphatic rings. The lowest BCUT2D eigenvalue weighted by molar-refractivity contribution is 0.122. The molecule has 0 aliphatic carbocycles. The zero-order valence-corrected chi connectivity index (χ0v) is 19.4. The zero-order valence-electron chi connectivity index (χ0n) is 17.8. The highest BCUT2D eigenvalue weighted by molar-refractivity contribution is 6.42. The quantitative estimate of drug-likeness (QED) is 0.336. The van der Waals surface area contributed by atoms with Crippen LogP contribution in [0.4, 0.5) is 0 Å². The smallest absolute Gasteiger partial charge is 0.0780 e. The van der Waals surface area contributed by atoms with Gasteiger partial charge in [0, 0.05) is 56.4 Å². The topological polar surface area (TPSA) is 19.4 Å². The summed E-state index contributed by atoms with van der Waals surface area (Å²) in [6, 6.07) is 25.3. The van der Waals surface area contributed by atoms with Crippen LogP contribution in [-0.2, 0) is 13.1 Å². The molecule has 5 heteroatoms. The van der Waals surface area contributed by atoms with Gasteiger partial charge in [-0.3, -0.25) is 14.8 Å². The number of aromatic nitrogens is 1. The highest BCUT2D eigenvalue weighted by Crippen LogP contribution is 2.27. The van der Waals surface area contributed by atoms with Gasteiger partial charge in [-0.1, -0.05) is 77.8 Å². The maximum absolute atomic E-state index is 6.16. The molecule has 0 radical (unpaired) electrons. The Morgan fingerprint density at radius 3 is 2.06 bits per heavy atom. The summed E-state index contributed by atoms with van der Waals surface area (Å²) in [5, 5.41) is 2.42. The fourth-order valence-electron chi connectivity index (χ4n) is 4.39. The molecule has 32 heavy (non-hydrogen) atoms. The summed E-state index contributed by atoms with van der Waals surface area (Å²) in [6.45, 7) is 6.14. The summed E-state index contributed by atoms with van der Waals surface area (Å²) in [6.07, 6.45) is 1.86. The summed E-state index contributed by atoms with van der Waals surface area (Å²) >= 11 is 12.2. The maximum Gasteiger partial charge on any atom is 0.0780 e. The fraction of sp³-hybridized carbons (Fsp3) is 0.222. The van der Waals surface area contributed by atoms with Crippen molar-refractivity contribution in [2.45, 2.75) is 13.1 Å². The molecule has 162 valence electrons. The van der Waals surface area contributed by atoms with Gasteiger partial charge in [0.1, 0.15) is 0 Å². The molecule has 3 aromatic carbocycles. The zero-order chi connectivity index (χ0) is 21.9. The Morgan fingerprint density at radius 2 is 1.34 bits per heavy atom. The van der Waals surface area contributed by atoms with Crippen molar-refractivity contribution in [3.8, 4) is 11.1 Å². The Bertz CT molecular complexity index is 1210. The summed E-state index contributed by atoms with van der Waals surface area (Å²) in [5.41, 5.74) is 6.02. The van der Waals surface area contributed by atoms with E-state index in [1.54, 1.807) is 0 Å². The number of benzene rings is 3. The summed E-state index contributed by atoms with van der Waals surface area (Å²) < 4.78 is 0. The largest absolute Gasteiger partial charge is 0.297 e. The van der Waals surface area contributed by atoms with Gasteiger partial charge in [0.2, 0.25) is 0 Å². The van der Waals surface area contributed by atoms with Crippen LogP contribution < -0.4 is 0 Å². The van der Waals surface area contributed by atoms with E-state index in [1.807, 2.05) is 24.4 Å². The number of hydrogen-bond donors (Lipinski definition) is 0. The van der Waals surface area contributed by atoms with Crippen LogP contribution in [0.3, 0.4) is 0 Å². The normalized spacial score (nSPS) is 15.3. The Morgan fingerprint density at radius 1 is 0.688 bits per heavy atom. The lowest BCUT2D eigenvalue weighted by Gasteiger charge is -2.34. The molecule has 4 aromatic rings. The van der Waals surface area contributed by atoms with Gasteiger partial charge in [0.25, 0.3) is 0 Å². The molecule has 0 N–H and O–H groups in total. The van der Waals surface area contributed by atoms with E-state index in [1.165, 1.54) is 27.6 Å². The second-order valence-corrected chi connectivity index (χ2v) is 9.19. The highest BCUT2D eigenvalue weighted by Gasteiger charge is 2.17. The van der Waals surface area contributed by atoms with Gasteiger partial charge in [-0.25, -0.2) is 0 Å². The van der Waals surface area contributed by atoms with Gasteiger partial charge in [-0.15, -0.1) is 0 Å². The SMILES string of the molecule is Clc1ccc(CN2CCN(Cc3ccc(-c4cccc5cccnc45)cc3)CC2)cc1Cl. The summed E-state index contributed by atoms with van der Waals surface area (Å²) in [5.74, 6) is 0. The lowest BCUT2D eigenvalue weighted by Crippen LogP contribution is -2.45. The Balaban J connectivity index is 1.19. The van der Waals surface area contributed by atoms with Gasteiger partial charge >= 0.3 is 0 Å². The van der Waals surface area contributed by atoms with Gasteiger partial charge in [0.15, 0.2) is 0 Å². The monoisotopic (exact) mass is 461 g/mol. The molecular weight excluding hydrogens is 437 g/mol. The first-order valence-corrected chi connectivity index (χ1v) is 11.7. The number of nitrogens with zero attached hydrogens (tertiary/aromatic N) is 3. The molecule has 0 atom stereocenters. The third-order valence-electron chi connectivity index (χ3n) is 6.16. The molecule has 0 unspecified atom stereocenters. The number of piperazine rings is 1. The standard InChI is InChI=1S/C27H25Cl2N3/c28-25-11-8-21(17-26(25)29)19-32-15-13-31(14-16-32)18-20-6-9-22(10-7-20)24-5-1-3-23-4-2-12-30-27(23)24/h1-12,17H,13-16,18-19H2. The van der Waals surface area contributed by atoms with Gasteiger partial charge in [0.05, 0.1) is 15.6 Å². The molecule has 0 amide bonds. The van der Waals surface area contributed by atoms with E-state index < -0.39 is 0 Å². The van der Waals surface area contributed by atoms with Crippen LogP contribution in [0.25, 0.3) is 22.0 Å². The van der Waals surface area contributed by atoms with Crippen molar-refractivity contribution >= 4 is 34.1 Å². The minimum absolute atomic E-state index is 0.614. The molecule has 5 rings (SSSR count). The van der Waals surface area contributed by atoms with Crippen molar-refractivity contribution in [2.24, 2.45) is 0 Å². The second kappa shape index (κ2) is 9.60. The molecular formula is C27H25Cl2N3. The van der Waals surface area contributed by atoms with Crippen LogP contribution in [0.2, 0.25) is 10.0 Å². The predicted molar refractivity (Wildman–Crippen MR) is 134 cm³/mol. The number of pyridine rings is 1. The molecule has 2 heterocycles.